The van der Waals surface area contributed by atoms with Gasteiger partial charge in [-0.05, 0) is 56.3 Å². The van der Waals surface area contributed by atoms with E-state index in [2.05, 4.69) is 64.2 Å². The molecule has 0 bridgehead atoms. The largest absolute Gasteiger partial charge is 0.308 e. The Morgan fingerprint density at radius 1 is 1.09 bits per heavy atom. The smallest absolute Gasteiger partial charge is 0.240 e. The van der Waals surface area contributed by atoms with E-state index in [1.807, 2.05) is 36.8 Å². The third kappa shape index (κ3) is 6.17. The Morgan fingerprint density at radius 3 is 2.57 bits per heavy atom. The molecule has 0 unspecified atom stereocenters. The maximum atomic E-state index is 12.6. The molecule has 1 aliphatic rings. The van der Waals surface area contributed by atoms with Crippen LogP contribution >= 0.6 is 0 Å². The van der Waals surface area contributed by atoms with E-state index in [1.54, 1.807) is 24.4 Å². The van der Waals surface area contributed by atoms with Gasteiger partial charge in [-0.15, -0.1) is 0 Å². The lowest BCUT2D eigenvalue weighted by Gasteiger charge is -2.11. The molecule has 0 aliphatic heterocycles. The second kappa shape index (κ2) is 10.9. The van der Waals surface area contributed by atoms with Crippen molar-refractivity contribution in [3.8, 4) is 23.1 Å². The molecule has 4 rings (SSSR count). The van der Waals surface area contributed by atoms with Gasteiger partial charge in [0.2, 0.25) is 10.0 Å². The highest BCUT2D eigenvalue weighted by molar-refractivity contribution is 7.89. The molecule has 35 heavy (non-hydrogen) atoms. The maximum Gasteiger partial charge on any atom is 0.240 e. The summed E-state index contributed by atoms with van der Waals surface area (Å²) < 4.78 is 29.7. The summed E-state index contributed by atoms with van der Waals surface area (Å²) in [6.07, 6.45) is 10.3. The molecule has 0 saturated carbocycles. The van der Waals surface area contributed by atoms with Crippen molar-refractivity contribution in [1.82, 2.24) is 19.4 Å². The number of hydrogen-bond donors (Lipinski definition) is 1. The van der Waals surface area contributed by atoms with Crippen LogP contribution in [0.4, 0.5) is 0 Å². The number of sulfonamides is 1. The topological polar surface area (TPSA) is 67.2 Å². The fourth-order valence-electron chi connectivity index (χ4n) is 3.92. The minimum atomic E-state index is -3.59. The standard InChI is InChI=1S/C28H30N4O2S/c1-31(2)19-18-30-35(33,34)27-11-7-8-22(20-27)12-13-26-21-29-32(3)28(26)25-16-14-24(15-17-25)23-9-5-4-6-10-23/h4-5,7-9,11,14-17,20-21,30H,6,10,18-19H2,1-3H3. The number of allylic oxidation sites excluding steroid dienone is 4. The summed E-state index contributed by atoms with van der Waals surface area (Å²) in [4.78, 5) is 2.13. The van der Waals surface area contributed by atoms with Crippen molar-refractivity contribution < 1.29 is 8.42 Å². The Labute approximate surface area is 208 Å². The Bertz CT molecular complexity index is 1420. The molecule has 1 heterocycles. The van der Waals surface area contributed by atoms with Gasteiger partial charge in [-0.3, -0.25) is 4.68 Å². The number of likely N-dealkylation sites (N-methyl/N-ethyl adjacent to an activating group) is 1. The molecular weight excluding hydrogens is 456 g/mol. The monoisotopic (exact) mass is 486 g/mol. The molecule has 0 saturated heterocycles. The number of hydrogen-bond acceptors (Lipinski definition) is 4. The average molecular weight is 487 g/mol. The molecule has 0 atom stereocenters. The number of benzene rings is 2. The maximum absolute atomic E-state index is 12.6. The number of aryl methyl sites for hydroxylation is 1. The molecular formula is C28H30N4O2S. The van der Waals surface area contributed by atoms with Gasteiger partial charge in [-0.1, -0.05) is 60.4 Å². The summed E-state index contributed by atoms with van der Waals surface area (Å²) in [5, 5.41) is 4.41. The van der Waals surface area contributed by atoms with E-state index >= 15 is 0 Å². The van der Waals surface area contributed by atoms with Crippen LogP contribution in [0.1, 0.15) is 29.5 Å². The zero-order valence-electron chi connectivity index (χ0n) is 20.3. The van der Waals surface area contributed by atoms with Crippen molar-refractivity contribution in [2.75, 3.05) is 27.2 Å². The Morgan fingerprint density at radius 2 is 1.86 bits per heavy atom. The third-order valence-electron chi connectivity index (χ3n) is 5.82. The van der Waals surface area contributed by atoms with Crippen LogP contribution in [0.25, 0.3) is 16.8 Å². The predicted molar refractivity (Wildman–Crippen MR) is 141 cm³/mol. The van der Waals surface area contributed by atoms with Crippen LogP contribution in [0.3, 0.4) is 0 Å². The van der Waals surface area contributed by atoms with Crippen molar-refractivity contribution >= 4 is 15.6 Å². The lowest BCUT2D eigenvalue weighted by Crippen LogP contribution is -2.31. The molecule has 3 aromatic rings. The second-order valence-electron chi connectivity index (χ2n) is 8.75. The molecule has 0 amide bonds. The van der Waals surface area contributed by atoms with Crippen molar-refractivity contribution in [3.63, 3.8) is 0 Å². The highest BCUT2D eigenvalue weighted by Crippen LogP contribution is 2.28. The molecule has 0 radical (unpaired) electrons. The van der Waals surface area contributed by atoms with E-state index in [-0.39, 0.29) is 4.90 Å². The van der Waals surface area contributed by atoms with E-state index in [0.717, 1.165) is 29.7 Å². The number of aromatic nitrogens is 2. The summed E-state index contributed by atoms with van der Waals surface area (Å²) >= 11 is 0. The predicted octanol–water partition coefficient (Wildman–Crippen LogP) is 4.06. The summed E-state index contributed by atoms with van der Waals surface area (Å²) in [5.74, 6) is 6.30. The van der Waals surface area contributed by atoms with Crippen molar-refractivity contribution in [2.45, 2.75) is 17.7 Å². The fourth-order valence-corrected chi connectivity index (χ4v) is 4.99. The van der Waals surface area contributed by atoms with Gasteiger partial charge in [-0.25, -0.2) is 13.1 Å². The first kappa shape index (κ1) is 24.7. The van der Waals surface area contributed by atoms with E-state index in [4.69, 9.17) is 0 Å². The van der Waals surface area contributed by atoms with Crippen LogP contribution in [0.2, 0.25) is 0 Å². The molecule has 180 valence electrons. The number of nitrogens with one attached hydrogen (secondary N) is 1. The van der Waals surface area contributed by atoms with Gasteiger partial charge in [-0.2, -0.15) is 5.10 Å². The Balaban J connectivity index is 1.56. The SMILES string of the molecule is CN(C)CCNS(=O)(=O)c1cccc(C#Cc2cnn(C)c2-c2ccc(C3=CC=CCC3)cc2)c1. The fraction of sp³-hybridized carbons (Fsp3) is 0.250. The van der Waals surface area contributed by atoms with Gasteiger partial charge >= 0.3 is 0 Å². The molecule has 2 aromatic carbocycles. The highest BCUT2D eigenvalue weighted by atomic mass is 32.2. The normalized spacial score (nSPS) is 13.4. The second-order valence-corrected chi connectivity index (χ2v) is 10.5. The lowest BCUT2D eigenvalue weighted by atomic mass is 9.96. The third-order valence-corrected chi connectivity index (χ3v) is 7.28. The van der Waals surface area contributed by atoms with Gasteiger partial charge in [0.1, 0.15) is 0 Å². The van der Waals surface area contributed by atoms with Crippen LogP contribution in [0, 0.1) is 11.8 Å². The van der Waals surface area contributed by atoms with E-state index < -0.39 is 10.0 Å². The molecule has 0 spiro atoms. The van der Waals surface area contributed by atoms with Crippen LogP contribution in [0.5, 0.6) is 0 Å². The molecule has 0 fully saturated rings. The van der Waals surface area contributed by atoms with E-state index in [1.165, 1.54) is 11.1 Å². The zero-order valence-corrected chi connectivity index (χ0v) is 21.1. The van der Waals surface area contributed by atoms with Gasteiger partial charge in [0.25, 0.3) is 0 Å². The van der Waals surface area contributed by atoms with Crippen LogP contribution < -0.4 is 4.72 Å². The van der Waals surface area contributed by atoms with Crippen LogP contribution in [-0.4, -0.2) is 50.3 Å². The van der Waals surface area contributed by atoms with E-state index in [0.29, 0.717) is 18.7 Å². The van der Waals surface area contributed by atoms with Gasteiger partial charge in [0.05, 0.1) is 22.3 Å². The first-order valence-electron chi connectivity index (χ1n) is 11.6. The summed E-state index contributed by atoms with van der Waals surface area (Å²) in [7, 11) is 2.11. The van der Waals surface area contributed by atoms with Crippen molar-refractivity contribution in [2.24, 2.45) is 7.05 Å². The molecule has 1 aromatic heterocycles. The summed E-state index contributed by atoms with van der Waals surface area (Å²) in [6.45, 7) is 0.967. The number of nitrogens with zero attached hydrogens (tertiary/aromatic N) is 3. The number of rotatable bonds is 7. The minimum Gasteiger partial charge on any atom is -0.308 e. The zero-order chi connectivity index (χ0) is 24.8. The van der Waals surface area contributed by atoms with Crippen LogP contribution in [0.15, 0.2) is 77.9 Å². The quantitative estimate of drug-likeness (QED) is 0.512. The van der Waals surface area contributed by atoms with Gasteiger partial charge in [0, 0.05) is 31.3 Å². The Hall–Kier alpha value is -3.44. The minimum absolute atomic E-state index is 0.205. The molecule has 1 aliphatic carbocycles. The first-order chi connectivity index (χ1) is 16.8. The highest BCUT2D eigenvalue weighted by Gasteiger charge is 2.14. The lowest BCUT2D eigenvalue weighted by molar-refractivity contribution is 0.412. The van der Waals surface area contributed by atoms with E-state index in [9.17, 15) is 8.42 Å². The molecule has 1 N–H and O–H groups in total. The summed E-state index contributed by atoms with van der Waals surface area (Å²) in [5.41, 5.74) is 5.95. The van der Waals surface area contributed by atoms with Crippen LogP contribution in [-0.2, 0) is 17.1 Å². The van der Waals surface area contributed by atoms with Crippen molar-refractivity contribution in [3.05, 3.63) is 89.6 Å². The first-order valence-corrected chi connectivity index (χ1v) is 13.1. The van der Waals surface area contributed by atoms with Crippen molar-refractivity contribution in [1.29, 1.82) is 0 Å². The van der Waals surface area contributed by atoms with Gasteiger partial charge < -0.3 is 4.90 Å². The Kier molecular flexibility index (Phi) is 7.67. The summed E-state index contributed by atoms with van der Waals surface area (Å²) in [6, 6.07) is 15.2. The van der Waals surface area contributed by atoms with Gasteiger partial charge in [0.15, 0.2) is 0 Å². The molecule has 7 heteroatoms. The average Bonchev–Trinajstić information content (AvgIpc) is 3.23. The molecule has 6 nitrogen and oxygen atoms in total.